The lowest BCUT2D eigenvalue weighted by molar-refractivity contribution is 0.0916. The van der Waals surface area contributed by atoms with E-state index in [9.17, 15) is 19.4 Å². The fourth-order valence-electron chi connectivity index (χ4n) is 3.08. The number of hydrogen-bond donors (Lipinski definition) is 4. The molecule has 0 aliphatic rings. The number of nitrogens with one attached hydrogen (secondary N) is 2. The molecule has 0 bridgehead atoms. The van der Waals surface area contributed by atoms with Crippen LogP contribution in [0.25, 0.3) is 11.3 Å². The highest BCUT2D eigenvalue weighted by atomic mass is 35.5. The summed E-state index contributed by atoms with van der Waals surface area (Å²) >= 11 is 5.99. The summed E-state index contributed by atoms with van der Waals surface area (Å²) in [4.78, 5) is 20.8. The number of nitrogens with zero attached hydrogens (tertiary/aromatic N) is 2. The Morgan fingerprint density at radius 1 is 1.16 bits per heavy atom. The van der Waals surface area contributed by atoms with Gasteiger partial charge in [0.1, 0.15) is 5.69 Å². The Bertz CT molecular complexity index is 1060. The molecule has 1 aromatic heterocycles. The Labute approximate surface area is 190 Å². The Hall–Kier alpha value is -3.07. The first-order valence-corrected chi connectivity index (χ1v) is 10.5. The minimum Gasteiger partial charge on any atom is -0.394 e. The molecule has 1 unspecified atom stereocenters. The van der Waals surface area contributed by atoms with E-state index in [4.69, 9.17) is 11.6 Å². The summed E-state index contributed by atoms with van der Waals surface area (Å²) in [5.74, 6) is -0.794. The molecule has 1 heterocycles. The van der Waals surface area contributed by atoms with E-state index in [0.29, 0.717) is 28.1 Å². The molecule has 4 N–H and O–H groups in total. The van der Waals surface area contributed by atoms with E-state index in [1.165, 1.54) is 0 Å². The molecule has 168 valence electrons. The van der Waals surface area contributed by atoms with Gasteiger partial charge in [0.25, 0.3) is 5.91 Å². The minimum absolute atomic E-state index is 0.0782. The largest absolute Gasteiger partial charge is 0.394 e. The maximum atomic E-state index is 14.3. The van der Waals surface area contributed by atoms with Crippen molar-refractivity contribution in [1.29, 1.82) is 0 Å². The molecule has 0 saturated carbocycles. The number of amides is 1. The third-order valence-electron chi connectivity index (χ3n) is 4.95. The molecule has 3 rings (SSSR count). The SMILES string of the molecule is CCC(CO)Nc1ncc(F)c(-c2ccc(C(=O)N[C@H](CO)c3cccc(Cl)c3)cc2)n1. The van der Waals surface area contributed by atoms with Crippen LogP contribution in [0.5, 0.6) is 0 Å². The molecule has 0 spiro atoms. The van der Waals surface area contributed by atoms with Gasteiger partial charge in [0.05, 0.1) is 31.5 Å². The zero-order valence-electron chi connectivity index (χ0n) is 17.4. The highest BCUT2D eigenvalue weighted by molar-refractivity contribution is 6.30. The number of aliphatic hydroxyl groups is 2. The van der Waals surface area contributed by atoms with Crippen LogP contribution in [0.15, 0.2) is 54.7 Å². The van der Waals surface area contributed by atoms with Crippen LogP contribution >= 0.6 is 11.6 Å². The number of carbonyl (C=O) groups excluding carboxylic acids is 1. The Morgan fingerprint density at radius 3 is 2.53 bits per heavy atom. The molecule has 0 fully saturated rings. The second-order valence-corrected chi connectivity index (χ2v) is 7.60. The van der Waals surface area contributed by atoms with Crippen LogP contribution in [0.1, 0.15) is 35.3 Å². The predicted molar refractivity (Wildman–Crippen MR) is 121 cm³/mol. The Kier molecular flexibility index (Phi) is 8.10. The van der Waals surface area contributed by atoms with Crippen LogP contribution in [0.2, 0.25) is 5.02 Å². The highest BCUT2D eigenvalue weighted by Crippen LogP contribution is 2.23. The first-order chi connectivity index (χ1) is 15.4. The summed E-state index contributed by atoms with van der Waals surface area (Å²) < 4.78 is 14.3. The van der Waals surface area contributed by atoms with Gasteiger partial charge < -0.3 is 20.8 Å². The molecular weight excluding hydrogens is 435 g/mol. The number of halogens is 2. The van der Waals surface area contributed by atoms with Gasteiger partial charge in [-0.05, 0) is 36.2 Å². The smallest absolute Gasteiger partial charge is 0.251 e. The van der Waals surface area contributed by atoms with E-state index >= 15 is 0 Å². The van der Waals surface area contributed by atoms with E-state index < -0.39 is 17.8 Å². The van der Waals surface area contributed by atoms with Crippen molar-refractivity contribution in [3.05, 3.63) is 76.7 Å². The van der Waals surface area contributed by atoms with Crippen molar-refractivity contribution in [1.82, 2.24) is 15.3 Å². The molecule has 2 aromatic carbocycles. The Morgan fingerprint density at radius 2 is 1.91 bits per heavy atom. The quantitative estimate of drug-likeness (QED) is 0.390. The summed E-state index contributed by atoms with van der Waals surface area (Å²) in [5, 5.41) is 25.2. The molecule has 9 heteroatoms. The van der Waals surface area contributed by atoms with Crippen molar-refractivity contribution in [2.45, 2.75) is 25.4 Å². The van der Waals surface area contributed by atoms with Crippen molar-refractivity contribution in [2.24, 2.45) is 0 Å². The van der Waals surface area contributed by atoms with Gasteiger partial charge in [0.2, 0.25) is 5.95 Å². The molecule has 2 atom stereocenters. The lowest BCUT2D eigenvalue weighted by Gasteiger charge is -2.17. The number of carbonyl (C=O) groups is 1. The van der Waals surface area contributed by atoms with Crippen molar-refractivity contribution in [2.75, 3.05) is 18.5 Å². The Balaban J connectivity index is 1.76. The van der Waals surface area contributed by atoms with Crippen molar-refractivity contribution in [3.8, 4) is 11.3 Å². The van der Waals surface area contributed by atoms with Gasteiger partial charge in [-0.25, -0.2) is 14.4 Å². The molecule has 0 radical (unpaired) electrons. The van der Waals surface area contributed by atoms with Gasteiger partial charge in [0.15, 0.2) is 5.82 Å². The molecule has 7 nitrogen and oxygen atoms in total. The van der Waals surface area contributed by atoms with Crippen LogP contribution < -0.4 is 10.6 Å². The van der Waals surface area contributed by atoms with Crippen LogP contribution in [-0.4, -0.2) is 45.3 Å². The number of hydrogen-bond acceptors (Lipinski definition) is 6. The number of anilines is 1. The minimum atomic E-state index is -0.619. The first kappa shape index (κ1) is 23.6. The zero-order chi connectivity index (χ0) is 23.1. The number of rotatable bonds is 9. The van der Waals surface area contributed by atoms with Crippen LogP contribution in [0.4, 0.5) is 10.3 Å². The van der Waals surface area contributed by atoms with Crippen molar-refractivity contribution < 1.29 is 19.4 Å². The van der Waals surface area contributed by atoms with Crippen LogP contribution in [0.3, 0.4) is 0 Å². The van der Waals surface area contributed by atoms with E-state index in [1.807, 2.05) is 6.92 Å². The van der Waals surface area contributed by atoms with Gasteiger partial charge in [0, 0.05) is 16.1 Å². The van der Waals surface area contributed by atoms with Crippen molar-refractivity contribution >= 4 is 23.5 Å². The number of benzene rings is 2. The average molecular weight is 459 g/mol. The third kappa shape index (κ3) is 5.79. The van der Waals surface area contributed by atoms with Crippen LogP contribution in [0, 0.1) is 5.82 Å². The highest BCUT2D eigenvalue weighted by Gasteiger charge is 2.17. The zero-order valence-corrected chi connectivity index (χ0v) is 18.2. The lowest BCUT2D eigenvalue weighted by Crippen LogP contribution is -2.30. The lowest BCUT2D eigenvalue weighted by atomic mass is 10.1. The average Bonchev–Trinajstić information content (AvgIpc) is 2.82. The van der Waals surface area contributed by atoms with E-state index in [-0.39, 0.29) is 30.9 Å². The summed E-state index contributed by atoms with van der Waals surface area (Å²) in [6.07, 6.45) is 1.71. The maximum absolute atomic E-state index is 14.3. The molecular formula is C23H24ClFN4O3. The standard InChI is InChI=1S/C23H24ClFN4O3/c1-2-18(12-30)27-23-26-11-19(25)21(29-23)14-6-8-15(9-7-14)22(32)28-20(13-31)16-4-3-5-17(24)10-16/h3-11,18,20,30-31H,2,12-13H2,1H3,(H,28,32)(H,26,27,29)/t18?,20-/m1/s1. The third-order valence-corrected chi connectivity index (χ3v) is 5.19. The van der Waals surface area contributed by atoms with Gasteiger partial charge in [-0.1, -0.05) is 42.8 Å². The van der Waals surface area contributed by atoms with E-state index in [1.54, 1.807) is 48.5 Å². The summed E-state index contributed by atoms with van der Waals surface area (Å²) in [6, 6.07) is 12.3. The molecule has 0 aliphatic carbocycles. The molecule has 32 heavy (non-hydrogen) atoms. The van der Waals surface area contributed by atoms with E-state index in [2.05, 4.69) is 20.6 Å². The van der Waals surface area contributed by atoms with Gasteiger partial charge in [-0.3, -0.25) is 4.79 Å². The fraction of sp³-hybridized carbons (Fsp3) is 0.261. The molecule has 1 amide bonds. The topological polar surface area (TPSA) is 107 Å². The summed E-state index contributed by atoms with van der Waals surface area (Å²) in [5.41, 5.74) is 1.57. The van der Waals surface area contributed by atoms with Gasteiger partial charge in [-0.2, -0.15) is 0 Å². The molecule has 0 saturated heterocycles. The summed E-state index contributed by atoms with van der Waals surface area (Å²) in [7, 11) is 0. The van der Waals surface area contributed by atoms with E-state index in [0.717, 1.165) is 6.20 Å². The van der Waals surface area contributed by atoms with Gasteiger partial charge >= 0.3 is 0 Å². The number of aromatic nitrogens is 2. The number of aliphatic hydroxyl groups excluding tert-OH is 2. The summed E-state index contributed by atoms with van der Waals surface area (Å²) in [6.45, 7) is 1.51. The molecule has 3 aromatic rings. The van der Waals surface area contributed by atoms with Crippen molar-refractivity contribution in [3.63, 3.8) is 0 Å². The fourth-order valence-corrected chi connectivity index (χ4v) is 3.28. The van der Waals surface area contributed by atoms with Gasteiger partial charge in [-0.15, -0.1) is 0 Å². The maximum Gasteiger partial charge on any atom is 0.251 e. The normalized spacial score (nSPS) is 12.8. The second-order valence-electron chi connectivity index (χ2n) is 7.16. The monoisotopic (exact) mass is 458 g/mol. The van der Waals surface area contributed by atoms with Crippen LogP contribution in [-0.2, 0) is 0 Å². The second kappa shape index (κ2) is 11.0. The predicted octanol–water partition coefficient (Wildman–Crippen LogP) is 3.58. The first-order valence-electron chi connectivity index (χ1n) is 10.1. The molecule has 0 aliphatic heterocycles.